The van der Waals surface area contributed by atoms with E-state index in [-0.39, 0.29) is 86.3 Å². The Labute approximate surface area is 434 Å². The van der Waals surface area contributed by atoms with Gasteiger partial charge in [-0.2, -0.15) is 0 Å². The number of pyridine rings is 4. The number of nitrogens with zero attached hydrogens (tertiary/aromatic N) is 4. The molecule has 0 unspecified atom stereocenters. The Morgan fingerprint density at radius 3 is 0.600 bits per heavy atom. The molecule has 18 nitrogen and oxygen atoms in total. The van der Waals surface area contributed by atoms with Crippen LogP contribution in [0.5, 0.6) is 46.0 Å². The van der Waals surface area contributed by atoms with Gasteiger partial charge in [0.05, 0.1) is 28.4 Å². The Morgan fingerprint density at radius 2 is 0.500 bits per heavy atom. The normalized spacial score (nSPS) is 8.51. The van der Waals surface area contributed by atoms with Gasteiger partial charge in [-0.1, -0.05) is 47.3 Å². The fourth-order valence-corrected chi connectivity index (χ4v) is 4.81. The van der Waals surface area contributed by atoms with E-state index in [0.717, 1.165) is 0 Å². The van der Waals surface area contributed by atoms with Crippen LogP contribution in [0.4, 0.5) is 0 Å². The predicted molar refractivity (Wildman–Crippen MR) is 236 cm³/mol. The van der Waals surface area contributed by atoms with Crippen molar-refractivity contribution in [2.75, 3.05) is 28.4 Å². The molecule has 0 fully saturated rings. The van der Waals surface area contributed by atoms with Gasteiger partial charge < -0.3 is 61.3 Å². The Morgan fingerprint density at radius 1 is 0.329 bits per heavy atom. The average Bonchev–Trinajstić information content (AvgIpc) is 3.36. The summed E-state index contributed by atoms with van der Waals surface area (Å²) in [6.45, 7) is 0. The molecule has 70 heavy (non-hydrogen) atoms. The smallest absolute Gasteiger partial charge is 0.191 e. The quantitative estimate of drug-likeness (QED) is 0.157. The maximum absolute atomic E-state index is 12.2. The number of hydrogen-bond donors (Lipinski definition) is 0. The molecule has 372 valence electrons. The summed E-state index contributed by atoms with van der Waals surface area (Å²) in [5.41, 5.74) is -0.248. The Bertz CT molecular complexity index is 2100. The van der Waals surface area contributed by atoms with Gasteiger partial charge in [-0.15, -0.1) is 0 Å². The molecule has 0 aliphatic carbocycles. The maximum Gasteiger partial charge on any atom is 0.191 e. The molecular weight excluding hydrogens is 1250 g/mol. The van der Waals surface area contributed by atoms with Crippen LogP contribution in [-0.4, -0.2) is 59.9 Å². The largest absolute Gasteiger partial charge is 2.00 e. The van der Waals surface area contributed by atoms with Crippen molar-refractivity contribution in [3.05, 3.63) is 217 Å². The van der Waals surface area contributed by atoms with E-state index in [2.05, 4.69) is 19.9 Å². The van der Waals surface area contributed by atoms with E-state index < -0.39 is 34.6 Å². The molecule has 20 heteroatoms. The van der Waals surface area contributed by atoms with Crippen LogP contribution >= 0.6 is 0 Å². The first kappa shape index (κ1) is 69.0. The molecule has 0 saturated carbocycles. The first-order valence-electron chi connectivity index (χ1n) is 19.0. The zero-order valence-electron chi connectivity index (χ0n) is 37.8. The van der Waals surface area contributed by atoms with Crippen LogP contribution in [0.3, 0.4) is 0 Å². The molecule has 8 aromatic rings. The Kier molecular flexibility index (Phi) is 39.9. The molecule has 0 aliphatic heterocycles. The molecule has 0 atom stereocenters. The molecule has 0 radical (unpaired) electrons. The Hall–Kier alpha value is -7.56. The fourth-order valence-electron chi connectivity index (χ4n) is 4.81. The van der Waals surface area contributed by atoms with Crippen LogP contribution in [0, 0.1) is 0 Å². The van der Waals surface area contributed by atoms with Crippen LogP contribution in [0.15, 0.2) is 195 Å². The Balaban J connectivity index is -0.000000401. The number of rotatable bonds is 8. The van der Waals surface area contributed by atoms with Gasteiger partial charge in [0, 0.05) is 114 Å². The first-order valence-corrected chi connectivity index (χ1v) is 19.0. The van der Waals surface area contributed by atoms with Crippen molar-refractivity contribution in [2.45, 2.75) is 0 Å². The van der Waals surface area contributed by atoms with Gasteiger partial charge in [-0.3, -0.25) is 29.5 Å². The third-order valence-corrected chi connectivity index (χ3v) is 8.00. The molecule has 0 aliphatic rings. The van der Waals surface area contributed by atoms with Crippen molar-refractivity contribution in [2.24, 2.45) is 0 Å². The number of ether oxygens (including phenoxy) is 4. The minimum absolute atomic E-state index is 0. The van der Waals surface area contributed by atoms with Crippen molar-refractivity contribution >= 4 is 11.6 Å². The van der Waals surface area contributed by atoms with E-state index in [9.17, 15) is 30.0 Å². The van der Waals surface area contributed by atoms with Crippen molar-refractivity contribution in [3.63, 3.8) is 0 Å². The second kappa shape index (κ2) is 40.5. The number of carbonyl (C=O) groups excluding carboxylic acids is 2. The minimum atomic E-state index is -0.606. The third kappa shape index (κ3) is 25.0. The summed E-state index contributed by atoms with van der Waals surface area (Å²) in [6.07, 6.45) is 14.0. The minimum Gasteiger partial charge on any atom is -2.00 e. The van der Waals surface area contributed by atoms with Crippen molar-refractivity contribution in [3.8, 4) is 46.0 Å². The molecular formula is C50H44N4O14W2-12. The summed E-state index contributed by atoms with van der Waals surface area (Å²) in [4.78, 5) is 39.6. The first-order chi connectivity index (χ1) is 31.1. The average molecular weight is 1290 g/mol. The van der Waals surface area contributed by atoms with E-state index in [0.29, 0.717) is 23.0 Å². The standard InChI is InChI=1S/2C15H14O5.4C5H5N.4O.2W/c2*1-19-9-3-5-11(13(16)7-9)15(18)12-6-4-10(20-2)8-14(12)17;4*1-2-4-6-5-3-1;;;;;;/h2*3-8,16-17H,1-2H3;4*1-5H;;;;;;/q;;;;;;4*-2;;/p-4. The number of ketones is 2. The van der Waals surface area contributed by atoms with Gasteiger partial charge in [0.1, 0.15) is 23.0 Å². The molecule has 4 heterocycles. The summed E-state index contributed by atoms with van der Waals surface area (Å²) in [6, 6.07) is 39.1. The molecule has 4 aromatic carbocycles. The van der Waals surface area contributed by atoms with E-state index >= 15 is 0 Å². The summed E-state index contributed by atoms with van der Waals surface area (Å²) < 4.78 is 19.6. The van der Waals surface area contributed by atoms with Crippen LogP contribution in [0.25, 0.3) is 0 Å². The van der Waals surface area contributed by atoms with Crippen LogP contribution in [0.1, 0.15) is 31.8 Å². The van der Waals surface area contributed by atoms with Gasteiger partial charge in [0.2, 0.25) is 0 Å². The SMILES string of the molecule is COc1ccc(C(=O)c2ccc(OC)cc2[O-])c([O-])c1.COc1ccc(C(=O)c2ccc(OC)cc2[O-])c([O-])c1.[O-2].[O-2].[O-2].[O-2].[W].[W].c1ccncc1.c1ccncc1.c1ccncc1.c1ccncc1. The summed E-state index contributed by atoms with van der Waals surface area (Å²) in [5, 5.41) is 47.3. The van der Waals surface area contributed by atoms with Crippen molar-refractivity contribution < 1.29 is 113 Å². The second-order valence-electron chi connectivity index (χ2n) is 12.2. The molecule has 0 bridgehead atoms. The predicted octanol–water partition coefficient (Wildman–Crippen LogP) is 6.01. The topological polar surface area (TPSA) is 329 Å². The van der Waals surface area contributed by atoms with Crippen molar-refractivity contribution in [1.29, 1.82) is 0 Å². The summed E-state index contributed by atoms with van der Waals surface area (Å²) >= 11 is 0. The van der Waals surface area contributed by atoms with Gasteiger partial charge in [0.25, 0.3) is 0 Å². The van der Waals surface area contributed by atoms with E-state index in [1.165, 1.54) is 101 Å². The van der Waals surface area contributed by atoms with E-state index in [1.807, 2.05) is 72.8 Å². The third-order valence-electron chi connectivity index (χ3n) is 8.00. The maximum atomic E-state index is 12.2. The number of aromatic nitrogens is 4. The summed E-state index contributed by atoms with van der Waals surface area (Å²) in [7, 11) is 5.70. The molecule has 0 spiro atoms. The molecule has 0 N–H and O–H groups in total. The van der Waals surface area contributed by atoms with Crippen LogP contribution in [-0.2, 0) is 64.0 Å². The van der Waals surface area contributed by atoms with Crippen molar-refractivity contribution in [1.82, 2.24) is 19.9 Å². The molecule has 8 rings (SSSR count). The number of carbonyl (C=O) groups is 2. The van der Waals surface area contributed by atoms with Crippen LogP contribution < -0.4 is 39.4 Å². The van der Waals surface area contributed by atoms with Gasteiger partial charge in [0.15, 0.2) is 11.6 Å². The number of methoxy groups -OCH3 is 4. The monoisotopic (exact) mass is 1290 g/mol. The summed E-state index contributed by atoms with van der Waals surface area (Å²) in [5.74, 6) is -1.68. The van der Waals surface area contributed by atoms with Crippen LogP contribution in [0.2, 0.25) is 0 Å². The second-order valence-corrected chi connectivity index (χ2v) is 12.2. The zero-order chi connectivity index (χ0) is 46.4. The van der Waals surface area contributed by atoms with Gasteiger partial charge in [-0.25, -0.2) is 0 Å². The molecule has 0 saturated heterocycles. The number of benzene rings is 4. The molecule has 0 amide bonds. The zero-order valence-corrected chi connectivity index (χ0v) is 43.7. The molecule has 4 aromatic heterocycles. The number of hydrogen-bond acceptors (Lipinski definition) is 14. The van der Waals surface area contributed by atoms with E-state index in [4.69, 9.17) is 18.9 Å². The van der Waals surface area contributed by atoms with Gasteiger partial charge >= 0.3 is 0 Å². The van der Waals surface area contributed by atoms with Gasteiger partial charge in [-0.05, 0) is 121 Å². The fraction of sp³-hybridized carbons (Fsp3) is 0.0800. The van der Waals surface area contributed by atoms with E-state index in [1.54, 1.807) is 49.6 Å².